The summed E-state index contributed by atoms with van der Waals surface area (Å²) in [7, 11) is 0. The minimum Gasteiger partial charge on any atom is -0.352 e. The molecule has 0 radical (unpaired) electrons. The Morgan fingerprint density at radius 1 is 1.15 bits per heavy atom. The highest BCUT2D eigenvalue weighted by molar-refractivity contribution is 6.35. The maximum absolute atomic E-state index is 12.4. The van der Waals surface area contributed by atoms with Crippen molar-refractivity contribution in [3.05, 3.63) is 69.2 Å². The third-order valence-electron chi connectivity index (χ3n) is 4.43. The number of likely N-dealkylation sites (tertiary alicyclic amines) is 1. The predicted molar refractivity (Wildman–Crippen MR) is 104 cm³/mol. The van der Waals surface area contributed by atoms with Crippen molar-refractivity contribution in [2.24, 2.45) is 0 Å². The number of halogens is 2. The Hall–Kier alpha value is -2.04. The number of carbonyl (C=O) groups excluding carboxylic acids is 2. The molecule has 1 heterocycles. The molecule has 1 aliphatic heterocycles. The number of nitrogens with one attached hydrogen (secondary N) is 1. The predicted octanol–water partition coefficient (Wildman–Crippen LogP) is 4.09. The number of carbonyl (C=O) groups is 2. The highest BCUT2D eigenvalue weighted by Gasteiger charge is 2.20. The molecule has 2 aromatic rings. The lowest BCUT2D eigenvalue weighted by Crippen LogP contribution is -2.26. The highest BCUT2D eigenvalue weighted by Crippen LogP contribution is 2.21. The molecule has 2 aromatic carbocycles. The van der Waals surface area contributed by atoms with E-state index < -0.39 is 0 Å². The summed E-state index contributed by atoms with van der Waals surface area (Å²) in [6, 6.07) is 12.8. The van der Waals surface area contributed by atoms with E-state index in [9.17, 15) is 9.59 Å². The standard InChI is InChI=1S/C20H20Cl2N2O2/c21-17-7-6-15(18(22)12-17)8-9-23-20(26)16-4-1-3-14(11-16)13-24-10-2-5-19(24)25/h1,3-4,6-7,11-12H,2,5,8-10,13H2,(H,23,26). The fourth-order valence-electron chi connectivity index (χ4n) is 3.04. The zero-order valence-corrected chi connectivity index (χ0v) is 15.8. The zero-order valence-electron chi connectivity index (χ0n) is 14.3. The molecule has 1 saturated heterocycles. The molecule has 0 atom stereocenters. The number of hydrogen-bond donors (Lipinski definition) is 1. The van der Waals surface area contributed by atoms with Gasteiger partial charge in [0.25, 0.3) is 5.91 Å². The van der Waals surface area contributed by atoms with Gasteiger partial charge in [0.2, 0.25) is 5.91 Å². The molecule has 0 aliphatic carbocycles. The van der Waals surface area contributed by atoms with E-state index in [0.717, 1.165) is 24.1 Å². The first-order valence-corrected chi connectivity index (χ1v) is 9.37. The fourth-order valence-corrected chi connectivity index (χ4v) is 3.54. The molecule has 3 rings (SSSR count). The highest BCUT2D eigenvalue weighted by atomic mass is 35.5. The molecule has 0 bridgehead atoms. The molecular formula is C20H20Cl2N2O2. The molecule has 136 valence electrons. The van der Waals surface area contributed by atoms with Crippen LogP contribution in [0.3, 0.4) is 0 Å². The van der Waals surface area contributed by atoms with Gasteiger partial charge in [-0.2, -0.15) is 0 Å². The summed E-state index contributed by atoms with van der Waals surface area (Å²) in [5.74, 6) is 0.0457. The van der Waals surface area contributed by atoms with E-state index in [0.29, 0.717) is 41.5 Å². The Balaban J connectivity index is 1.56. The van der Waals surface area contributed by atoms with Gasteiger partial charge in [0.1, 0.15) is 0 Å². The molecule has 26 heavy (non-hydrogen) atoms. The van der Waals surface area contributed by atoms with Gasteiger partial charge in [-0.1, -0.05) is 41.4 Å². The lowest BCUT2D eigenvalue weighted by molar-refractivity contribution is -0.128. The number of benzene rings is 2. The van der Waals surface area contributed by atoms with Gasteiger partial charge in [0, 0.05) is 41.7 Å². The maximum atomic E-state index is 12.4. The molecule has 1 aliphatic rings. The van der Waals surface area contributed by atoms with Gasteiger partial charge in [-0.15, -0.1) is 0 Å². The molecule has 2 amide bonds. The monoisotopic (exact) mass is 390 g/mol. The first-order valence-electron chi connectivity index (χ1n) is 8.62. The van der Waals surface area contributed by atoms with Crippen LogP contribution in [0.2, 0.25) is 10.0 Å². The number of hydrogen-bond acceptors (Lipinski definition) is 2. The Morgan fingerprint density at radius 3 is 2.73 bits per heavy atom. The maximum Gasteiger partial charge on any atom is 0.251 e. The van der Waals surface area contributed by atoms with E-state index in [-0.39, 0.29) is 11.8 Å². The molecule has 0 spiro atoms. The van der Waals surface area contributed by atoms with Crippen molar-refractivity contribution in [3.63, 3.8) is 0 Å². The number of amides is 2. The lowest BCUT2D eigenvalue weighted by Gasteiger charge is -2.16. The summed E-state index contributed by atoms with van der Waals surface area (Å²) in [6.07, 6.45) is 2.16. The van der Waals surface area contributed by atoms with Gasteiger partial charge >= 0.3 is 0 Å². The first kappa shape index (κ1) is 18.7. The third-order valence-corrected chi connectivity index (χ3v) is 5.02. The van der Waals surface area contributed by atoms with Gasteiger partial charge < -0.3 is 10.2 Å². The summed E-state index contributed by atoms with van der Waals surface area (Å²) in [6.45, 7) is 1.83. The summed E-state index contributed by atoms with van der Waals surface area (Å²) < 4.78 is 0. The van der Waals surface area contributed by atoms with Crippen LogP contribution in [0.5, 0.6) is 0 Å². The van der Waals surface area contributed by atoms with Gasteiger partial charge in [0.15, 0.2) is 0 Å². The van der Waals surface area contributed by atoms with E-state index in [1.165, 1.54) is 0 Å². The minimum absolute atomic E-state index is 0.135. The van der Waals surface area contributed by atoms with Crippen LogP contribution in [0.25, 0.3) is 0 Å². The quantitative estimate of drug-likeness (QED) is 0.807. The van der Waals surface area contributed by atoms with Crippen molar-refractivity contribution in [2.75, 3.05) is 13.1 Å². The molecule has 0 saturated carbocycles. The normalized spacial score (nSPS) is 13.9. The third kappa shape index (κ3) is 4.77. The van der Waals surface area contributed by atoms with Gasteiger partial charge in [0.05, 0.1) is 0 Å². The second-order valence-electron chi connectivity index (χ2n) is 6.36. The van der Waals surface area contributed by atoms with E-state index in [2.05, 4.69) is 5.32 Å². The molecule has 1 fully saturated rings. The van der Waals surface area contributed by atoms with E-state index in [1.807, 2.05) is 29.2 Å². The minimum atomic E-state index is -0.135. The zero-order chi connectivity index (χ0) is 18.5. The van der Waals surface area contributed by atoms with Crippen LogP contribution in [0, 0.1) is 0 Å². The molecule has 1 N–H and O–H groups in total. The van der Waals surface area contributed by atoms with Crippen LogP contribution in [0.15, 0.2) is 42.5 Å². The van der Waals surface area contributed by atoms with Crippen molar-refractivity contribution in [1.82, 2.24) is 10.2 Å². The average molecular weight is 391 g/mol. The van der Waals surface area contributed by atoms with Gasteiger partial charge in [-0.25, -0.2) is 0 Å². The fraction of sp³-hybridized carbons (Fsp3) is 0.300. The van der Waals surface area contributed by atoms with Crippen molar-refractivity contribution < 1.29 is 9.59 Å². The summed E-state index contributed by atoms with van der Waals surface area (Å²) in [5, 5.41) is 4.10. The first-order chi connectivity index (χ1) is 12.5. The van der Waals surface area contributed by atoms with Crippen LogP contribution < -0.4 is 5.32 Å². The van der Waals surface area contributed by atoms with Crippen LogP contribution in [-0.4, -0.2) is 29.8 Å². The Labute approximate surface area is 163 Å². The van der Waals surface area contributed by atoms with E-state index >= 15 is 0 Å². The van der Waals surface area contributed by atoms with Crippen LogP contribution in [-0.2, 0) is 17.8 Å². The molecular weight excluding hydrogens is 371 g/mol. The summed E-state index contributed by atoms with van der Waals surface area (Å²) in [4.78, 5) is 26.0. The SMILES string of the molecule is O=C(NCCc1ccc(Cl)cc1Cl)c1cccc(CN2CCCC2=O)c1. The van der Waals surface area contributed by atoms with Crippen LogP contribution in [0.1, 0.15) is 34.3 Å². The summed E-state index contributed by atoms with van der Waals surface area (Å²) in [5.41, 5.74) is 2.50. The van der Waals surface area contributed by atoms with Crippen LogP contribution >= 0.6 is 23.2 Å². The van der Waals surface area contributed by atoms with Gasteiger partial charge in [-0.05, 0) is 48.2 Å². The topological polar surface area (TPSA) is 49.4 Å². The van der Waals surface area contributed by atoms with Crippen LogP contribution in [0.4, 0.5) is 0 Å². The molecule has 0 unspecified atom stereocenters. The molecule has 0 aromatic heterocycles. The Bertz CT molecular complexity index is 823. The number of rotatable bonds is 6. The van der Waals surface area contributed by atoms with Crippen molar-refractivity contribution in [1.29, 1.82) is 0 Å². The Morgan fingerprint density at radius 2 is 2.00 bits per heavy atom. The second kappa shape index (κ2) is 8.56. The van der Waals surface area contributed by atoms with Crippen molar-refractivity contribution in [3.8, 4) is 0 Å². The smallest absolute Gasteiger partial charge is 0.251 e. The van der Waals surface area contributed by atoms with Crippen molar-refractivity contribution in [2.45, 2.75) is 25.8 Å². The second-order valence-corrected chi connectivity index (χ2v) is 7.20. The largest absolute Gasteiger partial charge is 0.352 e. The Kier molecular flexibility index (Phi) is 6.17. The van der Waals surface area contributed by atoms with E-state index in [1.54, 1.807) is 18.2 Å². The lowest BCUT2D eigenvalue weighted by atomic mass is 10.1. The molecule has 4 nitrogen and oxygen atoms in total. The number of nitrogens with zero attached hydrogens (tertiary/aromatic N) is 1. The van der Waals surface area contributed by atoms with E-state index in [4.69, 9.17) is 23.2 Å². The van der Waals surface area contributed by atoms with Crippen molar-refractivity contribution >= 4 is 35.0 Å². The summed E-state index contributed by atoms with van der Waals surface area (Å²) >= 11 is 12.0. The molecule has 6 heteroatoms. The van der Waals surface area contributed by atoms with Gasteiger partial charge in [-0.3, -0.25) is 9.59 Å². The average Bonchev–Trinajstić information content (AvgIpc) is 3.02.